The number of hydrazine groups is 1. The number of methoxy groups -OCH3 is 1. The number of hydrogen-bond acceptors (Lipinski definition) is 5. The Morgan fingerprint density at radius 1 is 1.59 bits per heavy atom. The van der Waals surface area contributed by atoms with E-state index in [0.717, 1.165) is 30.0 Å². The van der Waals surface area contributed by atoms with Gasteiger partial charge in [-0.1, -0.05) is 12.8 Å². The number of aryl methyl sites for hydroxylation is 1. The molecule has 1 unspecified atom stereocenters. The fourth-order valence-electron chi connectivity index (χ4n) is 2.78. The quantitative estimate of drug-likeness (QED) is 0.622. The van der Waals surface area contributed by atoms with Crippen molar-refractivity contribution in [1.82, 2.24) is 10.4 Å². The Morgan fingerprint density at radius 3 is 2.76 bits per heavy atom. The van der Waals surface area contributed by atoms with Crippen molar-refractivity contribution in [2.24, 2.45) is 5.84 Å². The predicted molar refractivity (Wildman–Crippen MR) is 69.9 cm³/mol. The van der Waals surface area contributed by atoms with Crippen LogP contribution in [0.2, 0.25) is 0 Å². The predicted octanol–water partition coefficient (Wildman–Crippen LogP) is 1.79. The van der Waals surface area contributed by atoms with Crippen LogP contribution in [0.25, 0.3) is 0 Å². The highest BCUT2D eigenvalue weighted by Crippen LogP contribution is 2.36. The van der Waals surface area contributed by atoms with Gasteiger partial charge < -0.3 is 4.74 Å². The molecule has 0 amide bonds. The summed E-state index contributed by atoms with van der Waals surface area (Å²) < 4.78 is 5.76. The third-order valence-corrected chi connectivity index (χ3v) is 4.59. The monoisotopic (exact) mass is 255 g/mol. The summed E-state index contributed by atoms with van der Waals surface area (Å²) in [7, 11) is 1.79. The average Bonchev–Trinajstić information content (AvgIpc) is 2.95. The molecule has 0 radical (unpaired) electrons. The first-order chi connectivity index (χ1) is 8.20. The Balaban J connectivity index is 2.10. The van der Waals surface area contributed by atoms with E-state index >= 15 is 0 Å². The summed E-state index contributed by atoms with van der Waals surface area (Å²) in [4.78, 5) is 4.50. The lowest BCUT2D eigenvalue weighted by Crippen LogP contribution is -2.54. The zero-order chi connectivity index (χ0) is 12.3. The molecule has 1 aliphatic rings. The maximum absolute atomic E-state index is 5.76. The van der Waals surface area contributed by atoms with Gasteiger partial charge in [0.15, 0.2) is 0 Å². The molecule has 3 N–H and O–H groups in total. The smallest absolute Gasteiger partial charge is 0.0897 e. The van der Waals surface area contributed by atoms with Gasteiger partial charge >= 0.3 is 0 Å². The normalized spacial score (nSPS) is 20.6. The van der Waals surface area contributed by atoms with Gasteiger partial charge in [0.2, 0.25) is 0 Å². The highest BCUT2D eigenvalue weighted by molar-refractivity contribution is 7.09. The standard InChI is InChI=1S/C12H21N3OS/c1-9-14-10(8-17-9)7-11(15-13)12(16-2)5-3-4-6-12/h8,11,15H,3-7,13H2,1-2H3. The van der Waals surface area contributed by atoms with Gasteiger partial charge in [-0.15, -0.1) is 11.3 Å². The lowest BCUT2D eigenvalue weighted by atomic mass is 9.89. The van der Waals surface area contributed by atoms with Crippen molar-refractivity contribution in [2.75, 3.05) is 7.11 Å². The minimum atomic E-state index is -0.105. The van der Waals surface area contributed by atoms with Gasteiger partial charge in [-0.2, -0.15) is 0 Å². The Kier molecular flexibility index (Phi) is 4.14. The van der Waals surface area contributed by atoms with Crippen LogP contribution in [-0.2, 0) is 11.2 Å². The Labute approximate surface area is 107 Å². The molecule has 1 aliphatic carbocycles. The van der Waals surface area contributed by atoms with E-state index in [1.165, 1.54) is 12.8 Å². The second-order valence-electron chi connectivity index (χ2n) is 4.76. The van der Waals surface area contributed by atoms with Gasteiger partial charge in [-0.3, -0.25) is 11.3 Å². The zero-order valence-electron chi connectivity index (χ0n) is 10.5. The number of ether oxygens (including phenoxy) is 1. The summed E-state index contributed by atoms with van der Waals surface area (Å²) in [5.41, 5.74) is 3.94. The topological polar surface area (TPSA) is 60.2 Å². The van der Waals surface area contributed by atoms with E-state index in [0.29, 0.717) is 0 Å². The molecule has 96 valence electrons. The van der Waals surface area contributed by atoms with Crippen molar-refractivity contribution < 1.29 is 4.74 Å². The van der Waals surface area contributed by atoms with Crippen LogP contribution in [0.4, 0.5) is 0 Å². The summed E-state index contributed by atoms with van der Waals surface area (Å²) in [6.07, 6.45) is 5.46. The third-order valence-electron chi connectivity index (χ3n) is 3.77. The van der Waals surface area contributed by atoms with E-state index in [1.54, 1.807) is 18.4 Å². The molecule has 17 heavy (non-hydrogen) atoms. The molecule has 0 aromatic carbocycles. The molecule has 1 fully saturated rings. The molecule has 5 heteroatoms. The summed E-state index contributed by atoms with van der Waals surface area (Å²) in [6.45, 7) is 2.03. The number of aromatic nitrogens is 1. The first-order valence-electron chi connectivity index (χ1n) is 6.12. The molecular formula is C12H21N3OS. The van der Waals surface area contributed by atoms with Crippen LogP contribution in [0.1, 0.15) is 36.4 Å². The van der Waals surface area contributed by atoms with Gasteiger partial charge in [-0.05, 0) is 19.8 Å². The molecule has 1 saturated carbocycles. The largest absolute Gasteiger partial charge is 0.377 e. The fourth-order valence-corrected chi connectivity index (χ4v) is 3.40. The second kappa shape index (κ2) is 5.44. The molecule has 1 atom stereocenters. The number of hydrogen-bond donors (Lipinski definition) is 2. The Morgan fingerprint density at radius 2 is 2.29 bits per heavy atom. The van der Waals surface area contributed by atoms with E-state index in [2.05, 4.69) is 15.8 Å². The van der Waals surface area contributed by atoms with E-state index in [1.807, 2.05) is 6.92 Å². The minimum absolute atomic E-state index is 0.105. The first kappa shape index (κ1) is 13.0. The van der Waals surface area contributed by atoms with Crippen molar-refractivity contribution in [3.63, 3.8) is 0 Å². The van der Waals surface area contributed by atoms with Gasteiger partial charge in [-0.25, -0.2) is 4.98 Å². The SMILES string of the molecule is COC1(C(Cc2csc(C)n2)NN)CCCC1. The number of nitrogens with one attached hydrogen (secondary N) is 1. The van der Waals surface area contributed by atoms with Crippen LogP contribution in [0.15, 0.2) is 5.38 Å². The summed E-state index contributed by atoms with van der Waals surface area (Å²) in [6, 6.07) is 0.150. The van der Waals surface area contributed by atoms with Gasteiger partial charge in [0, 0.05) is 18.9 Å². The van der Waals surface area contributed by atoms with E-state index in [-0.39, 0.29) is 11.6 Å². The molecule has 0 spiro atoms. The maximum Gasteiger partial charge on any atom is 0.0897 e. The molecule has 2 rings (SSSR count). The number of thiazole rings is 1. The minimum Gasteiger partial charge on any atom is -0.377 e. The molecular weight excluding hydrogens is 234 g/mol. The molecule has 1 aromatic rings. The maximum atomic E-state index is 5.76. The number of nitrogens with two attached hydrogens (primary N) is 1. The van der Waals surface area contributed by atoms with E-state index in [9.17, 15) is 0 Å². The highest BCUT2D eigenvalue weighted by Gasteiger charge is 2.41. The fraction of sp³-hybridized carbons (Fsp3) is 0.750. The first-order valence-corrected chi connectivity index (χ1v) is 7.00. The summed E-state index contributed by atoms with van der Waals surface area (Å²) in [5.74, 6) is 5.71. The van der Waals surface area contributed by atoms with Crippen molar-refractivity contribution in [1.29, 1.82) is 0 Å². The number of nitrogens with zero attached hydrogens (tertiary/aromatic N) is 1. The lowest BCUT2D eigenvalue weighted by molar-refractivity contribution is -0.0357. The molecule has 1 aromatic heterocycles. The zero-order valence-corrected chi connectivity index (χ0v) is 11.3. The summed E-state index contributed by atoms with van der Waals surface area (Å²) in [5, 5.41) is 3.21. The van der Waals surface area contributed by atoms with Crippen LogP contribution in [0.5, 0.6) is 0 Å². The Bertz CT molecular complexity index is 360. The Hall–Kier alpha value is -0.490. The molecule has 4 nitrogen and oxygen atoms in total. The van der Waals surface area contributed by atoms with E-state index < -0.39 is 0 Å². The van der Waals surface area contributed by atoms with Gasteiger partial charge in [0.05, 0.1) is 22.3 Å². The van der Waals surface area contributed by atoms with Crippen molar-refractivity contribution in [3.8, 4) is 0 Å². The van der Waals surface area contributed by atoms with Crippen LogP contribution in [-0.4, -0.2) is 23.7 Å². The van der Waals surface area contributed by atoms with Crippen LogP contribution >= 0.6 is 11.3 Å². The van der Waals surface area contributed by atoms with Gasteiger partial charge in [0.1, 0.15) is 0 Å². The van der Waals surface area contributed by atoms with Crippen molar-refractivity contribution in [2.45, 2.75) is 50.7 Å². The highest BCUT2D eigenvalue weighted by atomic mass is 32.1. The molecule has 1 heterocycles. The molecule has 0 saturated heterocycles. The van der Waals surface area contributed by atoms with E-state index in [4.69, 9.17) is 10.6 Å². The van der Waals surface area contributed by atoms with Crippen LogP contribution in [0.3, 0.4) is 0 Å². The molecule has 0 bridgehead atoms. The van der Waals surface area contributed by atoms with Crippen LogP contribution < -0.4 is 11.3 Å². The average molecular weight is 255 g/mol. The van der Waals surface area contributed by atoms with Crippen molar-refractivity contribution >= 4 is 11.3 Å². The van der Waals surface area contributed by atoms with Crippen LogP contribution in [0, 0.1) is 6.92 Å². The second-order valence-corrected chi connectivity index (χ2v) is 5.82. The lowest BCUT2D eigenvalue weighted by Gasteiger charge is -2.35. The van der Waals surface area contributed by atoms with Crippen molar-refractivity contribution in [3.05, 3.63) is 16.1 Å². The number of rotatable bonds is 5. The molecule has 0 aliphatic heterocycles. The van der Waals surface area contributed by atoms with Gasteiger partial charge in [0.25, 0.3) is 0 Å². The third kappa shape index (κ3) is 2.68. The summed E-state index contributed by atoms with van der Waals surface area (Å²) >= 11 is 1.69.